The molecule has 1 aromatic carbocycles. The van der Waals surface area contributed by atoms with Gasteiger partial charge in [0.05, 0.1) is 11.1 Å². The van der Waals surface area contributed by atoms with Gasteiger partial charge in [-0.25, -0.2) is 4.39 Å². The molecule has 3 N–H and O–H groups in total. The first kappa shape index (κ1) is 18.7. The standard InChI is InChI=1S/C17H22FN3O2.ClH/c1-11(22)20-15-8-13(5-6-14(15)18)21-16(23)17-7-3-2-4-12(17)9-19-10-17;/h5-6,8,12,19H,2-4,7,9-10H2,1H3,(H,20,22)(H,21,23);1H/t12-,17+;/m0./s1. The van der Waals surface area contributed by atoms with Crippen molar-refractivity contribution in [2.45, 2.75) is 32.6 Å². The van der Waals surface area contributed by atoms with Crippen LogP contribution >= 0.6 is 12.4 Å². The number of hydrogen-bond acceptors (Lipinski definition) is 3. The van der Waals surface area contributed by atoms with E-state index in [2.05, 4.69) is 16.0 Å². The van der Waals surface area contributed by atoms with Crippen molar-refractivity contribution in [1.82, 2.24) is 5.32 Å². The molecule has 1 aromatic rings. The largest absolute Gasteiger partial charge is 0.325 e. The predicted octanol–water partition coefficient (Wildman–Crippen LogP) is 2.92. The molecule has 132 valence electrons. The van der Waals surface area contributed by atoms with E-state index in [4.69, 9.17) is 0 Å². The second-order valence-electron chi connectivity index (χ2n) is 6.56. The first-order valence-electron chi connectivity index (χ1n) is 8.10. The van der Waals surface area contributed by atoms with Crippen LogP contribution in [0.25, 0.3) is 0 Å². The first-order valence-corrected chi connectivity index (χ1v) is 8.10. The summed E-state index contributed by atoms with van der Waals surface area (Å²) >= 11 is 0. The van der Waals surface area contributed by atoms with Crippen molar-refractivity contribution in [3.63, 3.8) is 0 Å². The highest BCUT2D eigenvalue weighted by Crippen LogP contribution is 2.44. The number of amides is 2. The Morgan fingerprint density at radius 3 is 2.83 bits per heavy atom. The van der Waals surface area contributed by atoms with Crippen molar-refractivity contribution >= 4 is 35.6 Å². The summed E-state index contributed by atoms with van der Waals surface area (Å²) in [5, 5.41) is 8.69. The Kier molecular flexibility index (Phi) is 5.83. The van der Waals surface area contributed by atoms with Crippen molar-refractivity contribution in [2.75, 3.05) is 23.7 Å². The second kappa shape index (κ2) is 7.49. The number of carbonyl (C=O) groups is 2. The molecule has 0 bridgehead atoms. The molecule has 3 rings (SSSR count). The van der Waals surface area contributed by atoms with E-state index in [1.807, 2.05) is 0 Å². The third-order valence-corrected chi connectivity index (χ3v) is 5.03. The minimum Gasteiger partial charge on any atom is -0.325 e. The lowest BCUT2D eigenvalue weighted by molar-refractivity contribution is -0.128. The summed E-state index contributed by atoms with van der Waals surface area (Å²) in [7, 11) is 0. The number of halogens is 2. The molecule has 1 heterocycles. The van der Waals surface area contributed by atoms with Crippen molar-refractivity contribution in [3.8, 4) is 0 Å². The van der Waals surface area contributed by atoms with E-state index in [9.17, 15) is 14.0 Å². The molecule has 0 unspecified atom stereocenters. The topological polar surface area (TPSA) is 70.2 Å². The molecule has 0 aromatic heterocycles. The number of anilines is 2. The Balaban J connectivity index is 0.00000208. The lowest BCUT2D eigenvalue weighted by Gasteiger charge is -2.37. The Morgan fingerprint density at radius 2 is 2.08 bits per heavy atom. The van der Waals surface area contributed by atoms with Gasteiger partial charge in [-0.15, -0.1) is 12.4 Å². The van der Waals surface area contributed by atoms with Gasteiger partial charge in [-0.2, -0.15) is 0 Å². The SMILES string of the molecule is CC(=O)Nc1cc(NC(=O)[C@@]23CCCC[C@H]2CNC3)ccc1F.Cl. The highest BCUT2D eigenvalue weighted by molar-refractivity contribution is 5.97. The zero-order chi connectivity index (χ0) is 16.4. The van der Waals surface area contributed by atoms with Crippen LogP contribution in [0.15, 0.2) is 18.2 Å². The van der Waals surface area contributed by atoms with Gasteiger partial charge in [-0.05, 0) is 43.5 Å². The number of rotatable bonds is 3. The summed E-state index contributed by atoms with van der Waals surface area (Å²) < 4.78 is 13.7. The maximum atomic E-state index is 13.7. The van der Waals surface area contributed by atoms with Crippen LogP contribution in [0.5, 0.6) is 0 Å². The van der Waals surface area contributed by atoms with Crippen molar-refractivity contribution in [3.05, 3.63) is 24.0 Å². The van der Waals surface area contributed by atoms with Crippen LogP contribution in [-0.4, -0.2) is 24.9 Å². The highest BCUT2D eigenvalue weighted by atomic mass is 35.5. The normalized spacial score (nSPS) is 25.3. The van der Waals surface area contributed by atoms with Gasteiger partial charge in [-0.1, -0.05) is 12.8 Å². The molecule has 0 radical (unpaired) electrons. The van der Waals surface area contributed by atoms with Gasteiger partial charge in [0, 0.05) is 19.2 Å². The molecule has 1 saturated heterocycles. The first-order chi connectivity index (χ1) is 11.0. The summed E-state index contributed by atoms with van der Waals surface area (Å²) in [4.78, 5) is 24.0. The molecule has 2 amide bonds. The van der Waals surface area contributed by atoms with Crippen LogP contribution in [0.2, 0.25) is 0 Å². The van der Waals surface area contributed by atoms with Crippen LogP contribution in [0.4, 0.5) is 15.8 Å². The van der Waals surface area contributed by atoms with E-state index in [1.165, 1.54) is 31.5 Å². The number of fused-ring (bicyclic) bond motifs is 1. The number of hydrogen-bond donors (Lipinski definition) is 3. The second-order valence-corrected chi connectivity index (χ2v) is 6.56. The quantitative estimate of drug-likeness (QED) is 0.780. The van der Waals surface area contributed by atoms with Crippen LogP contribution < -0.4 is 16.0 Å². The lowest BCUT2D eigenvalue weighted by atomic mass is 9.67. The van der Waals surface area contributed by atoms with Gasteiger partial charge in [0.25, 0.3) is 0 Å². The van der Waals surface area contributed by atoms with Crippen LogP contribution in [0, 0.1) is 17.2 Å². The van der Waals surface area contributed by atoms with Crippen molar-refractivity contribution in [2.24, 2.45) is 11.3 Å². The minimum absolute atomic E-state index is 0. The Hall–Kier alpha value is -1.66. The summed E-state index contributed by atoms with van der Waals surface area (Å²) in [6, 6.07) is 4.24. The summed E-state index contributed by atoms with van der Waals surface area (Å²) in [6.45, 7) is 2.90. The zero-order valence-corrected chi connectivity index (χ0v) is 14.5. The fourth-order valence-corrected chi connectivity index (χ4v) is 3.83. The molecule has 2 atom stereocenters. The molecule has 24 heavy (non-hydrogen) atoms. The van der Waals surface area contributed by atoms with Gasteiger partial charge in [0.2, 0.25) is 11.8 Å². The molecular weight excluding hydrogens is 333 g/mol. The van der Waals surface area contributed by atoms with Crippen LogP contribution in [-0.2, 0) is 9.59 Å². The molecule has 2 fully saturated rings. The lowest BCUT2D eigenvalue weighted by Crippen LogP contribution is -2.44. The van der Waals surface area contributed by atoms with E-state index < -0.39 is 5.82 Å². The van der Waals surface area contributed by atoms with E-state index in [-0.39, 0.29) is 35.3 Å². The summed E-state index contributed by atoms with van der Waals surface area (Å²) in [5.74, 6) is -0.508. The predicted molar refractivity (Wildman–Crippen MR) is 93.8 cm³/mol. The minimum atomic E-state index is -0.519. The Morgan fingerprint density at radius 1 is 1.29 bits per heavy atom. The molecule has 7 heteroatoms. The number of nitrogens with one attached hydrogen (secondary N) is 3. The van der Waals surface area contributed by atoms with Crippen LogP contribution in [0.1, 0.15) is 32.6 Å². The maximum Gasteiger partial charge on any atom is 0.232 e. The monoisotopic (exact) mass is 355 g/mol. The molecular formula is C17H23ClFN3O2. The molecule has 0 spiro atoms. The molecule has 2 aliphatic rings. The number of carbonyl (C=O) groups excluding carboxylic acids is 2. The van der Waals surface area contributed by atoms with Crippen LogP contribution in [0.3, 0.4) is 0 Å². The Bertz CT molecular complexity index is 640. The molecule has 1 aliphatic heterocycles. The Labute approximate surface area is 147 Å². The average Bonchev–Trinajstić information content (AvgIpc) is 2.95. The van der Waals surface area contributed by atoms with Crippen molar-refractivity contribution in [1.29, 1.82) is 0 Å². The van der Waals surface area contributed by atoms with E-state index in [1.54, 1.807) is 0 Å². The van der Waals surface area contributed by atoms with E-state index >= 15 is 0 Å². The van der Waals surface area contributed by atoms with Gasteiger partial charge < -0.3 is 16.0 Å². The van der Waals surface area contributed by atoms with Gasteiger partial charge in [0.15, 0.2) is 0 Å². The number of benzene rings is 1. The maximum absolute atomic E-state index is 13.7. The average molecular weight is 356 g/mol. The molecule has 1 aliphatic carbocycles. The van der Waals surface area contributed by atoms with E-state index in [0.717, 1.165) is 25.8 Å². The third-order valence-electron chi connectivity index (χ3n) is 5.03. The van der Waals surface area contributed by atoms with Gasteiger partial charge in [-0.3, -0.25) is 9.59 Å². The highest BCUT2D eigenvalue weighted by Gasteiger charge is 2.49. The molecule has 5 nitrogen and oxygen atoms in total. The van der Waals surface area contributed by atoms with Gasteiger partial charge in [0.1, 0.15) is 5.82 Å². The third kappa shape index (κ3) is 3.54. The van der Waals surface area contributed by atoms with Crippen molar-refractivity contribution < 1.29 is 14.0 Å². The summed E-state index contributed by atoms with van der Waals surface area (Å²) in [6.07, 6.45) is 4.19. The summed E-state index contributed by atoms with van der Waals surface area (Å²) in [5.41, 5.74) is 0.226. The van der Waals surface area contributed by atoms with E-state index in [0.29, 0.717) is 18.2 Å². The molecule has 1 saturated carbocycles. The fourth-order valence-electron chi connectivity index (χ4n) is 3.83. The fraction of sp³-hybridized carbons (Fsp3) is 0.529. The zero-order valence-electron chi connectivity index (χ0n) is 13.7. The van der Waals surface area contributed by atoms with Gasteiger partial charge >= 0.3 is 0 Å². The smallest absolute Gasteiger partial charge is 0.232 e.